The number of aliphatic hydroxyl groups is 1. The summed E-state index contributed by atoms with van der Waals surface area (Å²) >= 11 is 0. The highest BCUT2D eigenvalue weighted by atomic mass is 16.4. The molecule has 0 radical (unpaired) electrons. The van der Waals surface area contributed by atoms with E-state index in [9.17, 15) is 9.59 Å². The van der Waals surface area contributed by atoms with E-state index in [1.54, 1.807) is 0 Å². The van der Waals surface area contributed by atoms with Gasteiger partial charge in [0.2, 0.25) is 0 Å². The van der Waals surface area contributed by atoms with Gasteiger partial charge in [-0.25, -0.2) is 9.59 Å². The lowest BCUT2D eigenvalue weighted by Gasteiger charge is -2.23. The normalized spacial score (nSPS) is 13.9. The lowest BCUT2D eigenvalue weighted by molar-refractivity contribution is -0.146. The molecule has 0 saturated carbocycles. The molecular formula is C12H25N3O4. The molecule has 2 amide bonds. The van der Waals surface area contributed by atoms with E-state index in [2.05, 4.69) is 29.4 Å². The third-order valence-electron chi connectivity index (χ3n) is 3.08. The van der Waals surface area contributed by atoms with Gasteiger partial charge < -0.3 is 25.7 Å². The van der Waals surface area contributed by atoms with Crippen molar-refractivity contribution in [1.29, 1.82) is 0 Å². The molecule has 0 saturated heterocycles. The Morgan fingerprint density at radius 3 is 2.37 bits per heavy atom. The zero-order valence-corrected chi connectivity index (χ0v) is 11.8. The van der Waals surface area contributed by atoms with E-state index in [4.69, 9.17) is 10.2 Å². The summed E-state index contributed by atoms with van der Waals surface area (Å²) in [6, 6.07) is 0.116. The second kappa shape index (κ2) is 9.57. The second-order valence-electron chi connectivity index (χ2n) is 4.56. The molecule has 112 valence electrons. The number of rotatable bonds is 9. The molecule has 7 heteroatoms. The van der Waals surface area contributed by atoms with Crippen LogP contribution in [-0.2, 0) is 4.79 Å². The molecule has 7 nitrogen and oxygen atoms in total. The van der Waals surface area contributed by atoms with E-state index in [1.165, 1.54) is 0 Å². The van der Waals surface area contributed by atoms with Gasteiger partial charge in [-0.15, -0.1) is 0 Å². The minimum Gasteiger partial charge on any atom is -0.479 e. The van der Waals surface area contributed by atoms with Crippen molar-refractivity contribution < 1.29 is 19.8 Å². The standard InChI is InChI=1S/C12H25N3O4/c1-4-9(2)15(3)8-7-14-12(19)13-6-5-10(16)11(17)18/h9-10,16H,4-8H2,1-3H3,(H,17,18)(H2,13,14,19). The maximum atomic E-state index is 11.3. The summed E-state index contributed by atoms with van der Waals surface area (Å²) in [7, 11) is 2.00. The summed E-state index contributed by atoms with van der Waals surface area (Å²) < 4.78 is 0. The van der Waals surface area contributed by atoms with Crippen molar-refractivity contribution in [1.82, 2.24) is 15.5 Å². The highest BCUT2D eigenvalue weighted by molar-refractivity contribution is 5.74. The van der Waals surface area contributed by atoms with Crippen LogP contribution in [0.1, 0.15) is 26.7 Å². The fourth-order valence-corrected chi connectivity index (χ4v) is 1.39. The summed E-state index contributed by atoms with van der Waals surface area (Å²) in [6.45, 7) is 5.62. The zero-order chi connectivity index (χ0) is 14.8. The van der Waals surface area contributed by atoms with Gasteiger partial charge in [-0.1, -0.05) is 6.92 Å². The Labute approximate surface area is 114 Å². The Morgan fingerprint density at radius 1 is 1.26 bits per heavy atom. The number of nitrogens with zero attached hydrogens (tertiary/aromatic N) is 1. The Kier molecular flexibility index (Phi) is 8.90. The number of hydrogen-bond donors (Lipinski definition) is 4. The number of carbonyl (C=O) groups is 2. The van der Waals surface area contributed by atoms with Gasteiger partial charge in [-0.2, -0.15) is 0 Å². The number of carboxylic acid groups (broad SMARTS) is 1. The Bertz CT molecular complexity index is 286. The zero-order valence-electron chi connectivity index (χ0n) is 11.8. The lowest BCUT2D eigenvalue weighted by Crippen LogP contribution is -2.42. The number of carbonyl (C=O) groups excluding carboxylic acids is 1. The maximum absolute atomic E-state index is 11.3. The molecule has 4 N–H and O–H groups in total. The summed E-state index contributed by atoms with van der Waals surface area (Å²) in [5, 5.41) is 22.6. The van der Waals surface area contributed by atoms with E-state index in [1.807, 2.05) is 7.05 Å². The third kappa shape index (κ3) is 8.39. The lowest BCUT2D eigenvalue weighted by atomic mass is 10.2. The van der Waals surface area contributed by atoms with Crippen molar-refractivity contribution >= 4 is 12.0 Å². The van der Waals surface area contributed by atoms with Gasteiger partial charge in [0.05, 0.1) is 0 Å². The molecule has 0 spiro atoms. The first-order valence-electron chi connectivity index (χ1n) is 6.51. The van der Waals surface area contributed by atoms with Gasteiger partial charge in [0.1, 0.15) is 0 Å². The molecule has 19 heavy (non-hydrogen) atoms. The fraction of sp³-hybridized carbons (Fsp3) is 0.833. The van der Waals surface area contributed by atoms with Crippen molar-refractivity contribution in [2.75, 3.05) is 26.7 Å². The van der Waals surface area contributed by atoms with Crippen molar-refractivity contribution in [2.45, 2.75) is 38.8 Å². The van der Waals surface area contributed by atoms with E-state index < -0.39 is 12.1 Å². The molecule has 0 aliphatic heterocycles. The molecule has 0 aromatic heterocycles. The summed E-state index contributed by atoms with van der Waals surface area (Å²) in [5.74, 6) is -1.28. The van der Waals surface area contributed by atoms with Crippen LogP contribution in [0.3, 0.4) is 0 Å². The minimum absolute atomic E-state index is 0.00444. The smallest absolute Gasteiger partial charge is 0.332 e. The molecule has 0 fully saturated rings. The predicted molar refractivity (Wildman–Crippen MR) is 72.0 cm³/mol. The quantitative estimate of drug-likeness (QED) is 0.469. The number of aliphatic hydroxyl groups excluding tert-OH is 1. The molecule has 0 rings (SSSR count). The van der Waals surface area contributed by atoms with E-state index in [-0.39, 0.29) is 19.0 Å². The number of likely N-dealkylation sites (N-methyl/N-ethyl adjacent to an activating group) is 1. The monoisotopic (exact) mass is 275 g/mol. The minimum atomic E-state index is -1.43. The molecule has 0 aromatic carbocycles. The highest BCUT2D eigenvalue weighted by Crippen LogP contribution is 1.97. The second-order valence-corrected chi connectivity index (χ2v) is 4.56. The number of aliphatic carboxylic acids is 1. The number of urea groups is 1. The average Bonchev–Trinajstić information content (AvgIpc) is 2.37. The Hall–Kier alpha value is -1.34. The predicted octanol–water partition coefficient (Wildman–Crippen LogP) is -0.148. The molecule has 0 aromatic rings. The van der Waals surface area contributed by atoms with Gasteiger partial charge in [0.15, 0.2) is 6.10 Å². The van der Waals surface area contributed by atoms with E-state index in [0.717, 1.165) is 13.0 Å². The fourth-order valence-electron chi connectivity index (χ4n) is 1.39. The number of carboxylic acids is 1. The molecule has 2 unspecified atom stereocenters. The van der Waals surface area contributed by atoms with Crippen molar-refractivity contribution in [3.8, 4) is 0 Å². The van der Waals surface area contributed by atoms with Crippen molar-refractivity contribution in [2.24, 2.45) is 0 Å². The Morgan fingerprint density at radius 2 is 1.84 bits per heavy atom. The van der Waals surface area contributed by atoms with Crippen molar-refractivity contribution in [3.05, 3.63) is 0 Å². The van der Waals surface area contributed by atoms with Gasteiger partial charge >= 0.3 is 12.0 Å². The number of nitrogens with one attached hydrogen (secondary N) is 2. The van der Waals surface area contributed by atoms with Crippen LogP contribution in [0.5, 0.6) is 0 Å². The Balaban J connectivity index is 3.63. The highest BCUT2D eigenvalue weighted by Gasteiger charge is 2.12. The van der Waals surface area contributed by atoms with E-state index in [0.29, 0.717) is 12.6 Å². The number of hydrogen-bond acceptors (Lipinski definition) is 4. The van der Waals surface area contributed by atoms with Gasteiger partial charge in [0, 0.05) is 32.1 Å². The summed E-state index contributed by atoms with van der Waals surface area (Å²) in [5.41, 5.74) is 0. The van der Waals surface area contributed by atoms with Crippen LogP contribution in [0.15, 0.2) is 0 Å². The molecule has 0 aliphatic rings. The molecule has 0 heterocycles. The molecule has 2 atom stereocenters. The van der Waals surface area contributed by atoms with Crippen LogP contribution in [0.2, 0.25) is 0 Å². The van der Waals surface area contributed by atoms with Crippen LogP contribution < -0.4 is 10.6 Å². The van der Waals surface area contributed by atoms with Crippen LogP contribution >= 0.6 is 0 Å². The summed E-state index contributed by atoms with van der Waals surface area (Å²) in [4.78, 5) is 23.8. The first-order chi connectivity index (χ1) is 8.88. The number of amides is 2. The average molecular weight is 275 g/mol. The van der Waals surface area contributed by atoms with Crippen LogP contribution in [0.25, 0.3) is 0 Å². The topological polar surface area (TPSA) is 102 Å². The largest absolute Gasteiger partial charge is 0.479 e. The maximum Gasteiger partial charge on any atom is 0.332 e. The van der Waals surface area contributed by atoms with E-state index >= 15 is 0 Å². The van der Waals surface area contributed by atoms with Gasteiger partial charge in [-0.05, 0) is 20.4 Å². The third-order valence-corrected chi connectivity index (χ3v) is 3.08. The molecular weight excluding hydrogens is 250 g/mol. The molecule has 0 bridgehead atoms. The summed E-state index contributed by atoms with van der Waals surface area (Å²) in [6.07, 6.45) is -0.387. The first kappa shape index (κ1) is 17.7. The van der Waals surface area contributed by atoms with Gasteiger partial charge in [-0.3, -0.25) is 0 Å². The van der Waals surface area contributed by atoms with Crippen LogP contribution in [0, 0.1) is 0 Å². The van der Waals surface area contributed by atoms with Crippen molar-refractivity contribution in [3.63, 3.8) is 0 Å². The van der Waals surface area contributed by atoms with Crippen LogP contribution in [0.4, 0.5) is 4.79 Å². The van der Waals surface area contributed by atoms with Gasteiger partial charge in [0.25, 0.3) is 0 Å². The SMILES string of the molecule is CCC(C)N(C)CCNC(=O)NCCC(O)C(=O)O. The first-order valence-corrected chi connectivity index (χ1v) is 6.51. The van der Waals surface area contributed by atoms with Crippen LogP contribution in [-0.4, -0.2) is 65.9 Å². The molecule has 0 aliphatic carbocycles.